The smallest absolute Gasteiger partial charge is 0.277 e. The molecule has 1 aliphatic heterocycles. The van der Waals surface area contributed by atoms with E-state index in [9.17, 15) is 13.2 Å². The second-order valence-electron chi connectivity index (χ2n) is 6.06. The van der Waals surface area contributed by atoms with Gasteiger partial charge in [-0.15, -0.1) is 10.2 Å². The topological polar surface area (TPSA) is 106 Å². The van der Waals surface area contributed by atoms with Gasteiger partial charge in [-0.25, -0.2) is 8.42 Å². The van der Waals surface area contributed by atoms with Gasteiger partial charge in [0.25, 0.3) is 5.22 Å². The number of sulfone groups is 1. The summed E-state index contributed by atoms with van der Waals surface area (Å²) in [6, 6.07) is 3.32. The fraction of sp³-hybridized carbons (Fsp3) is 0.500. The molecular formula is C16H20N4O4S2. The van der Waals surface area contributed by atoms with Gasteiger partial charge >= 0.3 is 0 Å². The number of thioether (sulfide) groups is 1. The van der Waals surface area contributed by atoms with Crippen LogP contribution in [0.2, 0.25) is 0 Å². The first-order valence-electron chi connectivity index (χ1n) is 8.31. The molecule has 0 unspecified atom stereocenters. The molecule has 10 heteroatoms. The lowest BCUT2D eigenvalue weighted by molar-refractivity contribution is -0.131. The number of carbonyl (C=O) groups excluding carboxylic acids is 1. The highest BCUT2D eigenvalue weighted by atomic mass is 32.2. The minimum absolute atomic E-state index is 0.0374. The number of carbonyl (C=O) groups is 1. The Morgan fingerprint density at radius 2 is 2.27 bits per heavy atom. The Bertz CT molecular complexity index is 869. The van der Waals surface area contributed by atoms with Crippen LogP contribution in [0.1, 0.15) is 20.3 Å². The normalized spacial score (nSPS) is 20.0. The van der Waals surface area contributed by atoms with Crippen molar-refractivity contribution in [2.75, 3.05) is 18.1 Å². The van der Waals surface area contributed by atoms with Crippen LogP contribution < -0.4 is 0 Å². The van der Waals surface area contributed by atoms with Crippen molar-refractivity contribution in [3.05, 3.63) is 24.5 Å². The predicted octanol–water partition coefficient (Wildman–Crippen LogP) is 1.65. The third-order valence-corrected chi connectivity index (χ3v) is 6.89. The van der Waals surface area contributed by atoms with E-state index in [1.54, 1.807) is 30.3 Å². The molecule has 0 radical (unpaired) electrons. The highest BCUT2D eigenvalue weighted by Crippen LogP contribution is 2.28. The first-order chi connectivity index (χ1) is 12.4. The van der Waals surface area contributed by atoms with E-state index in [0.717, 1.165) is 0 Å². The van der Waals surface area contributed by atoms with Crippen LogP contribution in [0.25, 0.3) is 11.5 Å². The summed E-state index contributed by atoms with van der Waals surface area (Å²) in [5.41, 5.74) is 0.706. The largest absolute Gasteiger partial charge is 0.411 e. The van der Waals surface area contributed by atoms with Gasteiger partial charge in [-0.2, -0.15) is 0 Å². The molecule has 3 heterocycles. The molecule has 0 spiro atoms. The van der Waals surface area contributed by atoms with Gasteiger partial charge in [0.15, 0.2) is 9.84 Å². The number of hydrogen-bond donors (Lipinski definition) is 0. The first-order valence-corrected chi connectivity index (χ1v) is 11.0. The van der Waals surface area contributed by atoms with Crippen LogP contribution in [0.3, 0.4) is 0 Å². The van der Waals surface area contributed by atoms with Gasteiger partial charge in [-0.05, 0) is 32.4 Å². The summed E-state index contributed by atoms with van der Waals surface area (Å²) in [4.78, 5) is 18.4. The van der Waals surface area contributed by atoms with Gasteiger partial charge < -0.3 is 9.32 Å². The molecule has 1 saturated heterocycles. The number of aromatic nitrogens is 3. The number of amides is 1. The van der Waals surface area contributed by atoms with E-state index in [4.69, 9.17) is 4.42 Å². The van der Waals surface area contributed by atoms with E-state index in [0.29, 0.717) is 29.6 Å². The molecule has 1 fully saturated rings. The second kappa shape index (κ2) is 7.75. The van der Waals surface area contributed by atoms with Gasteiger partial charge in [0, 0.05) is 25.0 Å². The summed E-state index contributed by atoms with van der Waals surface area (Å²) >= 11 is 1.17. The molecular weight excluding hydrogens is 376 g/mol. The molecule has 0 N–H and O–H groups in total. The van der Waals surface area contributed by atoms with E-state index in [2.05, 4.69) is 15.2 Å². The first kappa shape index (κ1) is 18.8. The monoisotopic (exact) mass is 396 g/mol. The van der Waals surface area contributed by atoms with Crippen LogP contribution in [-0.4, -0.2) is 63.7 Å². The van der Waals surface area contributed by atoms with Crippen LogP contribution in [-0.2, 0) is 14.6 Å². The molecule has 2 aromatic heterocycles. The lowest BCUT2D eigenvalue weighted by Crippen LogP contribution is -2.44. The molecule has 0 saturated carbocycles. The average Bonchev–Trinajstić information content (AvgIpc) is 3.22. The fourth-order valence-corrected chi connectivity index (χ4v) is 5.40. The van der Waals surface area contributed by atoms with Crippen LogP contribution >= 0.6 is 11.8 Å². The molecule has 0 aliphatic carbocycles. The third kappa shape index (κ3) is 4.24. The van der Waals surface area contributed by atoms with Crippen LogP contribution in [0.4, 0.5) is 0 Å². The molecule has 1 amide bonds. The van der Waals surface area contributed by atoms with Crippen LogP contribution in [0.15, 0.2) is 34.2 Å². The maximum absolute atomic E-state index is 12.8. The second-order valence-corrected chi connectivity index (χ2v) is 9.58. The highest BCUT2D eigenvalue weighted by Gasteiger charge is 2.35. The summed E-state index contributed by atoms with van der Waals surface area (Å²) in [7, 11) is -3.04. The SMILES string of the molecule is CCN(C(=O)[C@@H](C)Sc1nnc(-c2cccnc2)o1)[C@@H]1CCS(=O)(=O)C1. The molecule has 0 bridgehead atoms. The summed E-state index contributed by atoms with van der Waals surface area (Å²) in [6.45, 7) is 4.08. The van der Waals surface area contributed by atoms with Crippen LogP contribution in [0.5, 0.6) is 0 Å². The van der Waals surface area contributed by atoms with E-state index in [1.807, 2.05) is 13.0 Å². The zero-order valence-electron chi connectivity index (χ0n) is 14.5. The Balaban J connectivity index is 1.66. The summed E-state index contributed by atoms with van der Waals surface area (Å²) in [6.07, 6.45) is 3.76. The quantitative estimate of drug-likeness (QED) is 0.679. The zero-order valence-corrected chi connectivity index (χ0v) is 16.2. The number of rotatable bonds is 6. The molecule has 26 heavy (non-hydrogen) atoms. The van der Waals surface area contributed by atoms with E-state index in [-0.39, 0.29) is 23.5 Å². The lowest BCUT2D eigenvalue weighted by Gasteiger charge is -2.28. The Labute approximate surface area is 156 Å². The van der Waals surface area contributed by atoms with E-state index >= 15 is 0 Å². The van der Waals surface area contributed by atoms with Crippen molar-refractivity contribution in [1.29, 1.82) is 0 Å². The van der Waals surface area contributed by atoms with Crippen molar-refractivity contribution in [3.8, 4) is 11.5 Å². The number of nitrogens with zero attached hydrogens (tertiary/aromatic N) is 4. The molecule has 0 aromatic carbocycles. The van der Waals surface area contributed by atoms with Gasteiger partial charge in [-0.1, -0.05) is 11.8 Å². The average molecular weight is 396 g/mol. The minimum atomic E-state index is -3.04. The Morgan fingerprint density at radius 1 is 1.46 bits per heavy atom. The van der Waals surface area contributed by atoms with Crippen molar-refractivity contribution in [3.63, 3.8) is 0 Å². The summed E-state index contributed by atoms with van der Waals surface area (Å²) in [5.74, 6) is 0.395. The Kier molecular flexibility index (Phi) is 5.61. The maximum Gasteiger partial charge on any atom is 0.277 e. The van der Waals surface area contributed by atoms with Crippen molar-refractivity contribution in [1.82, 2.24) is 20.1 Å². The highest BCUT2D eigenvalue weighted by molar-refractivity contribution is 8.00. The molecule has 2 aromatic rings. The molecule has 2 atom stereocenters. The molecule has 1 aliphatic rings. The van der Waals surface area contributed by atoms with Gasteiger partial charge in [0.2, 0.25) is 11.8 Å². The van der Waals surface area contributed by atoms with Crippen molar-refractivity contribution in [2.45, 2.75) is 36.8 Å². The summed E-state index contributed by atoms with van der Waals surface area (Å²) < 4.78 is 29.0. The minimum Gasteiger partial charge on any atom is -0.411 e. The third-order valence-electron chi connectivity index (χ3n) is 4.21. The zero-order chi connectivity index (χ0) is 18.7. The Morgan fingerprint density at radius 3 is 2.88 bits per heavy atom. The maximum atomic E-state index is 12.8. The van der Waals surface area contributed by atoms with Crippen molar-refractivity contribution >= 4 is 27.5 Å². The molecule has 140 valence electrons. The molecule has 8 nitrogen and oxygen atoms in total. The van der Waals surface area contributed by atoms with Crippen molar-refractivity contribution in [2.24, 2.45) is 0 Å². The van der Waals surface area contributed by atoms with Gasteiger partial charge in [0.05, 0.1) is 22.3 Å². The van der Waals surface area contributed by atoms with Crippen molar-refractivity contribution < 1.29 is 17.6 Å². The van der Waals surface area contributed by atoms with Gasteiger partial charge in [-0.3, -0.25) is 9.78 Å². The summed E-state index contributed by atoms with van der Waals surface area (Å²) in [5, 5.41) is 7.78. The number of hydrogen-bond acceptors (Lipinski definition) is 8. The van der Waals surface area contributed by atoms with Gasteiger partial charge in [0.1, 0.15) is 0 Å². The Hall–Kier alpha value is -1.94. The van der Waals surface area contributed by atoms with E-state index in [1.165, 1.54) is 11.8 Å². The molecule has 3 rings (SSSR count). The number of pyridine rings is 1. The lowest BCUT2D eigenvalue weighted by atomic mass is 10.2. The fourth-order valence-electron chi connectivity index (χ4n) is 2.91. The standard InChI is InChI=1S/C16H20N4O4S2/c1-3-20(13-6-8-26(22,23)10-13)15(21)11(2)25-16-19-18-14(24-16)12-5-4-7-17-9-12/h4-5,7,9,11,13H,3,6,8,10H2,1-2H3/t11-,13-/m1/s1. The van der Waals surface area contributed by atoms with Crippen LogP contribution in [0, 0.1) is 0 Å². The predicted molar refractivity (Wildman–Crippen MR) is 97.3 cm³/mol. The van der Waals surface area contributed by atoms with E-state index < -0.39 is 15.1 Å².